The van der Waals surface area contributed by atoms with Gasteiger partial charge in [0.25, 0.3) is 0 Å². The summed E-state index contributed by atoms with van der Waals surface area (Å²) >= 11 is 5.96. The van der Waals surface area contributed by atoms with Crippen LogP contribution in [0.3, 0.4) is 0 Å². The zero-order valence-corrected chi connectivity index (χ0v) is 15.4. The summed E-state index contributed by atoms with van der Waals surface area (Å²) in [5.41, 5.74) is 2.49. The second kappa shape index (κ2) is 9.14. The van der Waals surface area contributed by atoms with Crippen molar-refractivity contribution >= 4 is 29.3 Å². The standard InChI is InChI=1S/C20H22ClNO3/c1-4-11-25-18-9-6-15(12-19(18)24-3)7-10-20(23)22-17-13-16(21)8-5-14(17)2/h5-10,12-13H,4,11H2,1-3H3,(H,22,23)/b10-7+. The molecule has 5 heteroatoms. The Labute approximate surface area is 153 Å². The normalized spacial score (nSPS) is 10.7. The van der Waals surface area contributed by atoms with Gasteiger partial charge in [0.15, 0.2) is 11.5 Å². The van der Waals surface area contributed by atoms with Crippen LogP contribution in [-0.4, -0.2) is 19.6 Å². The summed E-state index contributed by atoms with van der Waals surface area (Å²) in [4.78, 5) is 12.1. The number of halogens is 1. The van der Waals surface area contributed by atoms with E-state index in [1.165, 1.54) is 6.08 Å². The number of carbonyl (C=O) groups excluding carboxylic acids is 1. The number of amides is 1. The summed E-state index contributed by atoms with van der Waals surface area (Å²) in [5, 5.41) is 3.40. The molecule has 2 aromatic carbocycles. The summed E-state index contributed by atoms with van der Waals surface area (Å²) in [6.45, 7) is 4.59. The van der Waals surface area contributed by atoms with Gasteiger partial charge >= 0.3 is 0 Å². The molecule has 0 atom stereocenters. The zero-order valence-electron chi connectivity index (χ0n) is 14.6. The number of hydrogen-bond acceptors (Lipinski definition) is 3. The Morgan fingerprint density at radius 1 is 1.20 bits per heavy atom. The van der Waals surface area contributed by atoms with Gasteiger partial charge in [0.2, 0.25) is 5.91 Å². The van der Waals surface area contributed by atoms with Crippen molar-refractivity contribution in [2.45, 2.75) is 20.3 Å². The Morgan fingerprint density at radius 2 is 2.00 bits per heavy atom. The van der Waals surface area contributed by atoms with Crippen LogP contribution in [0.25, 0.3) is 6.08 Å². The van der Waals surface area contributed by atoms with E-state index in [9.17, 15) is 4.79 Å². The van der Waals surface area contributed by atoms with Gasteiger partial charge in [0.05, 0.1) is 13.7 Å². The number of rotatable bonds is 7. The van der Waals surface area contributed by atoms with E-state index in [4.69, 9.17) is 21.1 Å². The van der Waals surface area contributed by atoms with Crippen molar-refractivity contribution in [3.8, 4) is 11.5 Å². The molecule has 0 bridgehead atoms. The fraction of sp³-hybridized carbons (Fsp3) is 0.250. The maximum Gasteiger partial charge on any atom is 0.248 e. The molecule has 0 fully saturated rings. The number of nitrogens with one attached hydrogen (secondary N) is 1. The van der Waals surface area contributed by atoms with Gasteiger partial charge in [-0.2, -0.15) is 0 Å². The van der Waals surface area contributed by atoms with Crippen molar-refractivity contribution in [1.82, 2.24) is 0 Å². The number of methoxy groups -OCH3 is 1. The van der Waals surface area contributed by atoms with E-state index >= 15 is 0 Å². The molecule has 0 aliphatic rings. The third-order valence-electron chi connectivity index (χ3n) is 3.53. The molecule has 1 N–H and O–H groups in total. The average Bonchev–Trinajstić information content (AvgIpc) is 2.61. The van der Waals surface area contributed by atoms with Crippen LogP contribution >= 0.6 is 11.6 Å². The molecule has 2 rings (SSSR count). The van der Waals surface area contributed by atoms with E-state index in [-0.39, 0.29) is 5.91 Å². The van der Waals surface area contributed by atoms with Gasteiger partial charge in [0.1, 0.15) is 0 Å². The first-order valence-corrected chi connectivity index (χ1v) is 8.47. The summed E-state index contributed by atoms with van der Waals surface area (Å²) in [7, 11) is 1.59. The molecule has 0 spiro atoms. The SMILES string of the molecule is CCCOc1ccc(/C=C/C(=O)Nc2cc(Cl)ccc2C)cc1OC. The summed E-state index contributed by atoms with van der Waals surface area (Å²) in [6, 6.07) is 10.9. The molecule has 0 radical (unpaired) electrons. The topological polar surface area (TPSA) is 47.6 Å². The maximum atomic E-state index is 12.1. The molecule has 1 amide bonds. The zero-order chi connectivity index (χ0) is 18.2. The number of aryl methyl sites for hydroxylation is 1. The molecule has 0 aromatic heterocycles. The minimum atomic E-state index is -0.226. The quantitative estimate of drug-likeness (QED) is 0.700. The van der Waals surface area contributed by atoms with Crippen LogP contribution in [0.15, 0.2) is 42.5 Å². The molecule has 0 saturated carbocycles. The van der Waals surface area contributed by atoms with E-state index < -0.39 is 0 Å². The Morgan fingerprint density at radius 3 is 2.72 bits per heavy atom. The van der Waals surface area contributed by atoms with Gasteiger partial charge in [0, 0.05) is 16.8 Å². The fourth-order valence-corrected chi connectivity index (χ4v) is 2.37. The van der Waals surface area contributed by atoms with E-state index in [0.29, 0.717) is 28.8 Å². The van der Waals surface area contributed by atoms with Gasteiger partial charge in [-0.3, -0.25) is 4.79 Å². The molecule has 25 heavy (non-hydrogen) atoms. The number of carbonyl (C=O) groups is 1. The van der Waals surface area contributed by atoms with Crippen molar-refractivity contribution in [1.29, 1.82) is 0 Å². The fourth-order valence-electron chi connectivity index (χ4n) is 2.19. The molecule has 0 heterocycles. The monoisotopic (exact) mass is 359 g/mol. The summed E-state index contributed by atoms with van der Waals surface area (Å²) in [6.07, 6.45) is 4.12. The first-order valence-electron chi connectivity index (χ1n) is 8.09. The molecular formula is C20H22ClNO3. The lowest BCUT2D eigenvalue weighted by Crippen LogP contribution is -2.08. The van der Waals surface area contributed by atoms with Gasteiger partial charge in [-0.1, -0.05) is 30.7 Å². The average molecular weight is 360 g/mol. The molecule has 4 nitrogen and oxygen atoms in total. The van der Waals surface area contributed by atoms with Crippen LogP contribution in [0.5, 0.6) is 11.5 Å². The molecule has 0 aliphatic heterocycles. The number of hydrogen-bond donors (Lipinski definition) is 1. The van der Waals surface area contributed by atoms with Crippen LogP contribution in [-0.2, 0) is 4.79 Å². The smallest absolute Gasteiger partial charge is 0.248 e. The second-order valence-electron chi connectivity index (χ2n) is 5.54. The highest BCUT2D eigenvalue weighted by atomic mass is 35.5. The van der Waals surface area contributed by atoms with E-state index in [2.05, 4.69) is 5.32 Å². The van der Waals surface area contributed by atoms with Gasteiger partial charge in [-0.05, 0) is 54.8 Å². The molecular weight excluding hydrogens is 338 g/mol. The van der Waals surface area contributed by atoms with Crippen LogP contribution in [0, 0.1) is 6.92 Å². The lowest BCUT2D eigenvalue weighted by atomic mass is 10.1. The molecule has 132 valence electrons. The van der Waals surface area contributed by atoms with Crippen molar-refractivity contribution in [2.24, 2.45) is 0 Å². The van der Waals surface area contributed by atoms with Crippen molar-refractivity contribution in [2.75, 3.05) is 19.0 Å². The lowest BCUT2D eigenvalue weighted by Gasteiger charge is -2.10. The predicted octanol–water partition coefficient (Wildman–Crippen LogP) is 5.10. The van der Waals surface area contributed by atoms with E-state index in [1.807, 2.05) is 38.1 Å². The minimum Gasteiger partial charge on any atom is -0.493 e. The van der Waals surface area contributed by atoms with Gasteiger partial charge in [-0.25, -0.2) is 0 Å². The second-order valence-corrected chi connectivity index (χ2v) is 5.98. The van der Waals surface area contributed by atoms with Crippen LogP contribution in [0.4, 0.5) is 5.69 Å². The third-order valence-corrected chi connectivity index (χ3v) is 3.77. The summed E-state index contributed by atoms with van der Waals surface area (Å²) < 4.78 is 11.0. The predicted molar refractivity (Wildman–Crippen MR) is 103 cm³/mol. The van der Waals surface area contributed by atoms with E-state index in [0.717, 1.165) is 17.5 Å². The van der Waals surface area contributed by atoms with Crippen molar-refractivity contribution in [3.05, 3.63) is 58.6 Å². The number of benzene rings is 2. The molecule has 0 aliphatic carbocycles. The summed E-state index contributed by atoms with van der Waals surface area (Å²) in [5.74, 6) is 1.11. The van der Waals surface area contributed by atoms with E-state index in [1.54, 1.807) is 25.3 Å². The van der Waals surface area contributed by atoms with Gasteiger partial charge in [-0.15, -0.1) is 0 Å². The minimum absolute atomic E-state index is 0.226. The van der Waals surface area contributed by atoms with Gasteiger partial charge < -0.3 is 14.8 Å². The number of anilines is 1. The Kier molecular flexibility index (Phi) is 6.90. The molecule has 0 unspecified atom stereocenters. The van der Waals surface area contributed by atoms with Crippen molar-refractivity contribution in [3.63, 3.8) is 0 Å². The molecule has 0 saturated heterocycles. The number of ether oxygens (including phenoxy) is 2. The van der Waals surface area contributed by atoms with Crippen LogP contribution < -0.4 is 14.8 Å². The maximum absolute atomic E-state index is 12.1. The Balaban J connectivity index is 2.07. The lowest BCUT2D eigenvalue weighted by molar-refractivity contribution is -0.111. The van der Waals surface area contributed by atoms with Crippen molar-refractivity contribution < 1.29 is 14.3 Å². The highest BCUT2D eigenvalue weighted by Crippen LogP contribution is 2.28. The first-order chi connectivity index (χ1) is 12.0. The third kappa shape index (κ3) is 5.54. The Hall–Kier alpha value is -2.46. The highest BCUT2D eigenvalue weighted by Gasteiger charge is 2.06. The first kappa shape index (κ1) is 18.9. The van der Waals surface area contributed by atoms with Crippen LogP contribution in [0.2, 0.25) is 5.02 Å². The highest BCUT2D eigenvalue weighted by molar-refractivity contribution is 6.31. The molecule has 2 aromatic rings. The van der Waals surface area contributed by atoms with Crippen LogP contribution in [0.1, 0.15) is 24.5 Å². The largest absolute Gasteiger partial charge is 0.493 e. The Bertz CT molecular complexity index is 772.